The van der Waals surface area contributed by atoms with Crippen molar-refractivity contribution in [1.82, 2.24) is 9.97 Å². The number of halogens is 1. The van der Waals surface area contributed by atoms with E-state index >= 15 is 0 Å². The lowest BCUT2D eigenvalue weighted by molar-refractivity contribution is 0.180. The molecule has 1 aromatic heterocycles. The molecule has 106 valence electrons. The Morgan fingerprint density at radius 1 is 1.37 bits per heavy atom. The Labute approximate surface area is 123 Å². The zero-order chi connectivity index (χ0) is 13.8. The molecule has 1 fully saturated rings. The van der Waals surface area contributed by atoms with Crippen LogP contribution in [-0.2, 0) is 11.3 Å². The van der Waals surface area contributed by atoms with Crippen LogP contribution >= 0.6 is 15.9 Å². The first-order valence-electron chi connectivity index (χ1n) is 6.88. The van der Waals surface area contributed by atoms with Crippen LogP contribution in [0.4, 0.5) is 5.82 Å². The molecule has 2 unspecified atom stereocenters. The van der Waals surface area contributed by atoms with E-state index in [1.807, 2.05) is 7.05 Å². The third-order valence-electron chi connectivity index (χ3n) is 3.76. The molecule has 4 nitrogen and oxygen atoms in total. The highest BCUT2D eigenvalue weighted by atomic mass is 79.9. The minimum atomic E-state index is 0.486. The number of nitrogens with zero attached hydrogens (tertiary/aromatic N) is 2. The third-order valence-corrected chi connectivity index (χ3v) is 4.59. The molecular weight excluding hydrogens is 306 g/mol. The predicted molar refractivity (Wildman–Crippen MR) is 80.4 cm³/mol. The normalized spacial score (nSPS) is 23.4. The highest BCUT2D eigenvalue weighted by molar-refractivity contribution is 9.10. The van der Waals surface area contributed by atoms with Gasteiger partial charge in [0.25, 0.3) is 0 Å². The van der Waals surface area contributed by atoms with E-state index < -0.39 is 0 Å². The van der Waals surface area contributed by atoms with Gasteiger partial charge in [-0.05, 0) is 34.7 Å². The Bertz CT molecular complexity index is 439. The lowest BCUT2D eigenvalue weighted by Crippen LogP contribution is -2.16. The smallest absolute Gasteiger partial charge is 0.144 e. The molecule has 0 bridgehead atoms. The molecule has 5 heteroatoms. The van der Waals surface area contributed by atoms with Crippen molar-refractivity contribution < 1.29 is 4.74 Å². The first-order valence-corrected chi connectivity index (χ1v) is 7.68. The number of anilines is 1. The Morgan fingerprint density at radius 2 is 2.16 bits per heavy atom. The van der Waals surface area contributed by atoms with Crippen LogP contribution in [0.3, 0.4) is 0 Å². The van der Waals surface area contributed by atoms with E-state index in [0.29, 0.717) is 12.5 Å². The van der Waals surface area contributed by atoms with Gasteiger partial charge in [0.15, 0.2) is 0 Å². The van der Waals surface area contributed by atoms with Crippen LogP contribution in [0.5, 0.6) is 0 Å². The van der Waals surface area contributed by atoms with Crippen molar-refractivity contribution in [3.8, 4) is 0 Å². The number of ether oxygens (including phenoxy) is 1. The van der Waals surface area contributed by atoms with Gasteiger partial charge in [0.1, 0.15) is 11.6 Å². The molecule has 0 radical (unpaired) electrons. The van der Waals surface area contributed by atoms with Crippen LogP contribution in [0.1, 0.15) is 50.0 Å². The van der Waals surface area contributed by atoms with Crippen molar-refractivity contribution in [1.29, 1.82) is 0 Å². The summed E-state index contributed by atoms with van der Waals surface area (Å²) in [6.45, 7) is 2.83. The van der Waals surface area contributed by atoms with Crippen molar-refractivity contribution in [3.05, 3.63) is 16.0 Å². The molecule has 0 aromatic carbocycles. The van der Waals surface area contributed by atoms with Gasteiger partial charge in [-0.2, -0.15) is 0 Å². The van der Waals surface area contributed by atoms with Crippen LogP contribution in [0.15, 0.2) is 4.47 Å². The van der Waals surface area contributed by atoms with Gasteiger partial charge in [0.2, 0.25) is 0 Å². The van der Waals surface area contributed by atoms with Gasteiger partial charge >= 0.3 is 0 Å². The minimum Gasteiger partial charge on any atom is -0.378 e. The third kappa shape index (κ3) is 3.45. The second-order valence-corrected chi connectivity index (χ2v) is 6.14. The van der Waals surface area contributed by atoms with Crippen LogP contribution in [0.2, 0.25) is 0 Å². The zero-order valence-electron chi connectivity index (χ0n) is 11.9. The van der Waals surface area contributed by atoms with Crippen molar-refractivity contribution >= 4 is 21.7 Å². The molecule has 0 spiro atoms. The van der Waals surface area contributed by atoms with E-state index in [1.165, 1.54) is 25.7 Å². The first kappa shape index (κ1) is 14.7. The van der Waals surface area contributed by atoms with Crippen LogP contribution < -0.4 is 5.32 Å². The highest BCUT2D eigenvalue weighted by Crippen LogP contribution is 2.36. The van der Waals surface area contributed by atoms with E-state index in [1.54, 1.807) is 7.11 Å². The van der Waals surface area contributed by atoms with E-state index in [0.717, 1.165) is 27.7 Å². The molecule has 1 aliphatic carbocycles. The maximum absolute atomic E-state index is 5.22. The van der Waals surface area contributed by atoms with E-state index in [-0.39, 0.29) is 0 Å². The average molecular weight is 328 g/mol. The summed E-state index contributed by atoms with van der Waals surface area (Å²) in [6.07, 6.45) is 5.00. The highest BCUT2D eigenvalue weighted by Gasteiger charge is 2.24. The summed E-state index contributed by atoms with van der Waals surface area (Å²) in [4.78, 5) is 9.37. The Hall–Kier alpha value is -0.680. The zero-order valence-corrected chi connectivity index (χ0v) is 13.5. The van der Waals surface area contributed by atoms with Gasteiger partial charge < -0.3 is 10.1 Å². The van der Waals surface area contributed by atoms with E-state index in [2.05, 4.69) is 33.2 Å². The van der Waals surface area contributed by atoms with Gasteiger partial charge in [-0.25, -0.2) is 9.97 Å². The second-order valence-electron chi connectivity index (χ2n) is 5.34. The van der Waals surface area contributed by atoms with E-state index in [9.17, 15) is 0 Å². The molecule has 1 aromatic rings. The number of hydrogen-bond donors (Lipinski definition) is 1. The molecular formula is C14H22BrN3O. The van der Waals surface area contributed by atoms with Gasteiger partial charge in [0.05, 0.1) is 16.8 Å². The summed E-state index contributed by atoms with van der Waals surface area (Å²) in [6, 6.07) is 0. The summed E-state index contributed by atoms with van der Waals surface area (Å²) in [5.74, 6) is 3.08. The van der Waals surface area contributed by atoms with Crippen LogP contribution in [-0.4, -0.2) is 24.1 Å². The van der Waals surface area contributed by atoms with Crippen LogP contribution in [0, 0.1) is 5.92 Å². The number of aromatic nitrogens is 2. The largest absolute Gasteiger partial charge is 0.378 e. The number of hydrogen-bond acceptors (Lipinski definition) is 4. The van der Waals surface area contributed by atoms with Gasteiger partial charge in [-0.1, -0.05) is 19.8 Å². The molecule has 2 atom stereocenters. The fraction of sp³-hybridized carbons (Fsp3) is 0.714. The number of nitrogens with one attached hydrogen (secondary N) is 1. The maximum atomic E-state index is 5.22. The Morgan fingerprint density at radius 3 is 2.79 bits per heavy atom. The quantitative estimate of drug-likeness (QED) is 0.915. The van der Waals surface area contributed by atoms with Crippen molar-refractivity contribution in [2.24, 2.45) is 5.92 Å². The molecule has 19 heavy (non-hydrogen) atoms. The fourth-order valence-electron chi connectivity index (χ4n) is 2.76. The monoisotopic (exact) mass is 327 g/mol. The lowest BCUT2D eigenvalue weighted by Gasteiger charge is -2.26. The average Bonchev–Trinajstić information content (AvgIpc) is 2.41. The molecule has 0 saturated heterocycles. The predicted octanol–water partition coefficient (Wildman–Crippen LogP) is 3.72. The molecule has 0 aliphatic heterocycles. The minimum absolute atomic E-state index is 0.486. The summed E-state index contributed by atoms with van der Waals surface area (Å²) in [7, 11) is 3.58. The molecule has 0 amide bonds. The lowest BCUT2D eigenvalue weighted by atomic mass is 9.82. The number of rotatable bonds is 4. The van der Waals surface area contributed by atoms with Crippen LogP contribution in [0.25, 0.3) is 0 Å². The molecule has 1 heterocycles. The summed E-state index contributed by atoms with van der Waals surface area (Å²) in [5.41, 5.74) is 0.926. The Kier molecular flexibility index (Phi) is 5.16. The van der Waals surface area contributed by atoms with Crippen molar-refractivity contribution in [2.45, 2.75) is 45.1 Å². The summed E-state index contributed by atoms with van der Waals surface area (Å²) < 4.78 is 6.13. The summed E-state index contributed by atoms with van der Waals surface area (Å²) in [5, 5.41) is 3.13. The molecule has 1 aliphatic rings. The fourth-order valence-corrected chi connectivity index (χ4v) is 3.25. The SMILES string of the molecule is CNc1nc(C2CCCC(C)C2)nc(COC)c1Br. The summed E-state index contributed by atoms with van der Waals surface area (Å²) >= 11 is 3.54. The van der Waals surface area contributed by atoms with Crippen molar-refractivity contribution in [2.75, 3.05) is 19.5 Å². The molecule has 1 saturated carbocycles. The second kappa shape index (κ2) is 6.66. The van der Waals surface area contributed by atoms with E-state index in [4.69, 9.17) is 9.72 Å². The standard InChI is InChI=1S/C14H22BrN3O/c1-9-5-4-6-10(7-9)13-17-11(8-19-3)12(15)14(16-2)18-13/h9-10H,4-8H2,1-3H3,(H,16,17,18). The molecule has 2 rings (SSSR count). The van der Waals surface area contributed by atoms with Gasteiger partial charge in [-0.3, -0.25) is 0 Å². The maximum Gasteiger partial charge on any atom is 0.144 e. The Balaban J connectivity index is 2.31. The molecule has 1 N–H and O–H groups in total. The topological polar surface area (TPSA) is 47.0 Å². The number of methoxy groups -OCH3 is 1. The van der Waals surface area contributed by atoms with Gasteiger partial charge in [0, 0.05) is 20.1 Å². The van der Waals surface area contributed by atoms with Crippen molar-refractivity contribution in [3.63, 3.8) is 0 Å². The first-order chi connectivity index (χ1) is 9.15. The van der Waals surface area contributed by atoms with Gasteiger partial charge in [-0.15, -0.1) is 0 Å².